The lowest BCUT2D eigenvalue weighted by Gasteiger charge is -2.33. The maximum Gasteiger partial charge on any atom is 0.238 e. The Morgan fingerprint density at radius 1 is 1.07 bits per heavy atom. The van der Waals surface area contributed by atoms with Crippen molar-refractivity contribution in [2.24, 2.45) is 0 Å². The van der Waals surface area contributed by atoms with Crippen molar-refractivity contribution in [3.8, 4) is 0 Å². The quantitative estimate of drug-likeness (QED) is 0.687. The summed E-state index contributed by atoms with van der Waals surface area (Å²) in [5.74, 6) is -0.0121. The van der Waals surface area contributed by atoms with Crippen molar-refractivity contribution in [1.82, 2.24) is 24.8 Å². The van der Waals surface area contributed by atoms with E-state index in [0.717, 1.165) is 49.4 Å². The summed E-state index contributed by atoms with van der Waals surface area (Å²) in [5.41, 5.74) is 8.01. The van der Waals surface area contributed by atoms with Gasteiger partial charge < -0.3 is 11.1 Å². The maximum atomic E-state index is 12.4. The number of fused-ring (bicyclic) bond motifs is 1. The summed E-state index contributed by atoms with van der Waals surface area (Å²) in [6.45, 7) is 4.84. The molecule has 0 unspecified atom stereocenters. The standard InChI is InChI=1S/C18H21N7OS/c19-18-22-10-14(27-18)11-24-5-7-25(8-6-24)12-17(26)23-13-1-2-15-16(9-13)21-4-3-20-15/h1-4,9-10H,5-8,11-12H2,(H2,19,22)(H,23,26). The molecule has 1 amide bonds. The lowest BCUT2D eigenvalue weighted by molar-refractivity contribution is -0.117. The number of anilines is 2. The van der Waals surface area contributed by atoms with E-state index in [1.165, 1.54) is 16.2 Å². The molecule has 8 nitrogen and oxygen atoms in total. The summed E-state index contributed by atoms with van der Waals surface area (Å²) in [6, 6.07) is 5.56. The van der Waals surface area contributed by atoms with Crippen molar-refractivity contribution in [3.63, 3.8) is 0 Å². The molecule has 3 heterocycles. The Kier molecular flexibility index (Phi) is 5.23. The third-order valence-electron chi connectivity index (χ3n) is 4.54. The van der Waals surface area contributed by atoms with Crippen LogP contribution in [0.2, 0.25) is 0 Å². The highest BCUT2D eigenvalue weighted by Crippen LogP contribution is 2.18. The van der Waals surface area contributed by atoms with E-state index in [4.69, 9.17) is 5.73 Å². The van der Waals surface area contributed by atoms with Gasteiger partial charge >= 0.3 is 0 Å². The molecule has 1 aromatic carbocycles. The Balaban J connectivity index is 1.26. The van der Waals surface area contributed by atoms with E-state index in [1.54, 1.807) is 12.4 Å². The first-order chi connectivity index (χ1) is 13.2. The summed E-state index contributed by atoms with van der Waals surface area (Å²) in [4.78, 5) is 30.7. The van der Waals surface area contributed by atoms with Gasteiger partial charge in [-0.2, -0.15) is 0 Å². The number of carbonyl (C=O) groups excluding carboxylic acids is 1. The number of nitrogens with zero attached hydrogens (tertiary/aromatic N) is 5. The molecule has 1 aliphatic heterocycles. The van der Waals surface area contributed by atoms with E-state index < -0.39 is 0 Å². The van der Waals surface area contributed by atoms with Crippen LogP contribution in [-0.4, -0.2) is 63.4 Å². The van der Waals surface area contributed by atoms with Crippen molar-refractivity contribution in [3.05, 3.63) is 41.7 Å². The van der Waals surface area contributed by atoms with Gasteiger partial charge in [0.05, 0.1) is 17.6 Å². The van der Waals surface area contributed by atoms with Gasteiger partial charge in [0, 0.05) is 61.9 Å². The normalized spacial score (nSPS) is 15.9. The number of nitrogens with one attached hydrogen (secondary N) is 1. The number of benzene rings is 1. The third-order valence-corrected chi connectivity index (χ3v) is 5.35. The minimum Gasteiger partial charge on any atom is -0.375 e. The fraction of sp³-hybridized carbons (Fsp3) is 0.333. The van der Waals surface area contributed by atoms with Crippen LogP contribution in [0.25, 0.3) is 11.0 Å². The van der Waals surface area contributed by atoms with Crippen LogP contribution in [0.1, 0.15) is 4.88 Å². The summed E-state index contributed by atoms with van der Waals surface area (Å²) in [7, 11) is 0. The van der Waals surface area contributed by atoms with E-state index in [1.807, 2.05) is 24.4 Å². The molecule has 140 valence electrons. The van der Waals surface area contributed by atoms with E-state index in [0.29, 0.717) is 11.7 Å². The number of amides is 1. The fourth-order valence-corrected chi connectivity index (χ4v) is 3.89. The predicted octanol–water partition coefficient (Wildman–Crippen LogP) is 1.42. The van der Waals surface area contributed by atoms with Crippen LogP contribution in [0, 0.1) is 0 Å². The van der Waals surface area contributed by atoms with Crippen LogP contribution in [0.3, 0.4) is 0 Å². The molecule has 0 aliphatic carbocycles. The fourth-order valence-electron chi connectivity index (χ4n) is 3.17. The number of piperazine rings is 1. The molecule has 0 spiro atoms. The van der Waals surface area contributed by atoms with Gasteiger partial charge in [0.1, 0.15) is 0 Å². The van der Waals surface area contributed by atoms with Gasteiger partial charge in [-0.3, -0.25) is 24.6 Å². The molecule has 27 heavy (non-hydrogen) atoms. The van der Waals surface area contributed by atoms with Crippen LogP contribution < -0.4 is 11.1 Å². The number of nitrogens with two attached hydrogens (primary N) is 1. The molecule has 0 saturated carbocycles. The average Bonchev–Trinajstić information content (AvgIpc) is 3.08. The first-order valence-electron chi connectivity index (χ1n) is 8.81. The van der Waals surface area contributed by atoms with Crippen molar-refractivity contribution in [2.75, 3.05) is 43.8 Å². The number of rotatable bonds is 5. The number of carbonyl (C=O) groups is 1. The minimum atomic E-state index is -0.0121. The topological polar surface area (TPSA) is 100 Å². The summed E-state index contributed by atoms with van der Waals surface area (Å²) >= 11 is 1.53. The lowest BCUT2D eigenvalue weighted by atomic mass is 10.2. The zero-order valence-electron chi connectivity index (χ0n) is 14.8. The Hall–Kier alpha value is -2.62. The van der Waals surface area contributed by atoms with E-state index in [-0.39, 0.29) is 5.91 Å². The Morgan fingerprint density at radius 2 is 1.81 bits per heavy atom. The zero-order valence-corrected chi connectivity index (χ0v) is 15.7. The van der Waals surface area contributed by atoms with Gasteiger partial charge in [-0.25, -0.2) is 4.98 Å². The van der Waals surface area contributed by atoms with E-state index in [2.05, 4.69) is 30.1 Å². The molecule has 1 aliphatic rings. The van der Waals surface area contributed by atoms with Crippen LogP contribution in [0.15, 0.2) is 36.8 Å². The number of aromatic nitrogens is 3. The van der Waals surface area contributed by atoms with E-state index >= 15 is 0 Å². The van der Waals surface area contributed by atoms with Crippen molar-refractivity contribution in [1.29, 1.82) is 0 Å². The highest BCUT2D eigenvalue weighted by Gasteiger charge is 2.19. The summed E-state index contributed by atoms with van der Waals surface area (Å²) in [6.07, 6.45) is 5.14. The average molecular weight is 383 g/mol. The molecule has 4 rings (SSSR count). The van der Waals surface area contributed by atoms with Gasteiger partial charge in [-0.1, -0.05) is 0 Å². The molecular formula is C18H21N7OS. The molecule has 0 radical (unpaired) electrons. The summed E-state index contributed by atoms with van der Waals surface area (Å²) < 4.78 is 0. The van der Waals surface area contributed by atoms with Gasteiger partial charge in [0.2, 0.25) is 5.91 Å². The van der Waals surface area contributed by atoms with Gasteiger partial charge in [-0.05, 0) is 18.2 Å². The molecule has 9 heteroatoms. The highest BCUT2D eigenvalue weighted by atomic mass is 32.1. The minimum absolute atomic E-state index is 0.0121. The Labute approximate surface area is 161 Å². The van der Waals surface area contributed by atoms with Crippen LogP contribution in [0.4, 0.5) is 10.8 Å². The third kappa shape index (κ3) is 4.57. The Bertz CT molecular complexity index is 936. The predicted molar refractivity (Wildman–Crippen MR) is 106 cm³/mol. The lowest BCUT2D eigenvalue weighted by Crippen LogP contribution is -2.48. The van der Waals surface area contributed by atoms with Crippen LogP contribution in [0.5, 0.6) is 0 Å². The van der Waals surface area contributed by atoms with Crippen molar-refractivity contribution < 1.29 is 4.79 Å². The van der Waals surface area contributed by atoms with E-state index in [9.17, 15) is 4.79 Å². The molecule has 1 saturated heterocycles. The number of thiazole rings is 1. The maximum absolute atomic E-state index is 12.4. The largest absolute Gasteiger partial charge is 0.375 e. The smallest absolute Gasteiger partial charge is 0.238 e. The molecule has 1 fully saturated rings. The molecule has 3 aromatic rings. The van der Waals surface area contributed by atoms with Crippen LogP contribution in [-0.2, 0) is 11.3 Å². The van der Waals surface area contributed by atoms with Gasteiger partial charge in [0.25, 0.3) is 0 Å². The summed E-state index contributed by atoms with van der Waals surface area (Å²) in [5, 5.41) is 3.56. The number of nitrogen functional groups attached to an aromatic ring is 1. The molecule has 0 atom stereocenters. The first-order valence-corrected chi connectivity index (χ1v) is 9.63. The molecular weight excluding hydrogens is 362 g/mol. The number of hydrogen-bond donors (Lipinski definition) is 2. The first kappa shape index (κ1) is 17.8. The van der Waals surface area contributed by atoms with Crippen LogP contribution >= 0.6 is 11.3 Å². The second-order valence-electron chi connectivity index (χ2n) is 6.53. The van der Waals surface area contributed by atoms with Crippen molar-refractivity contribution >= 4 is 39.1 Å². The number of hydrogen-bond acceptors (Lipinski definition) is 8. The Morgan fingerprint density at radius 3 is 2.56 bits per heavy atom. The van der Waals surface area contributed by atoms with Gasteiger partial charge in [0.15, 0.2) is 5.13 Å². The molecule has 0 bridgehead atoms. The second kappa shape index (κ2) is 7.95. The van der Waals surface area contributed by atoms with Crippen molar-refractivity contribution in [2.45, 2.75) is 6.54 Å². The monoisotopic (exact) mass is 383 g/mol. The SMILES string of the molecule is Nc1ncc(CN2CCN(CC(=O)Nc3ccc4nccnc4c3)CC2)s1. The molecule has 3 N–H and O–H groups in total. The molecule has 2 aromatic heterocycles. The van der Waals surface area contributed by atoms with Gasteiger partial charge in [-0.15, -0.1) is 11.3 Å². The second-order valence-corrected chi connectivity index (χ2v) is 7.67. The highest BCUT2D eigenvalue weighted by molar-refractivity contribution is 7.15. The zero-order chi connectivity index (χ0) is 18.6.